The molecule has 0 aromatic carbocycles. The number of nitrogens with zero attached hydrogens (tertiary/aromatic N) is 1. The number of hydrogen-bond donors (Lipinski definition) is 2. The van der Waals surface area contributed by atoms with Crippen LogP contribution in [0.5, 0.6) is 0 Å². The van der Waals surface area contributed by atoms with Crippen LogP contribution in [0.15, 0.2) is 0 Å². The van der Waals surface area contributed by atoms with Gasteiger partial charge in [0.25, 0.3) is 6.04 Å². The maximum atomic E-state index is 9.83. The fourth-order valence-electron chi connectivity index (χ4n) is 0.254. The molecule has 6 heteroatoms. The summed E-state index contributed by atoms with van der Waals surface area (Å²) in [5.41, 5.74) is 0. The van der Waals surface area contributed by atoms with Crippen LogP contribution in [0.25, 0.3) is 0 Å². The molecule has 0 aromatic heterocycles. The maximum Gasteiger partial charge on any atom is 0.270 e. The lowest BCUT2D eigenvalue weighted by Gasteiger charge is -2.05. The van der Waals surface area contributed by atoms with Crippen molar-refractivity contribution in [2.75, 3.05) is 6.61 Å². The zero-order valence-corrected chi connectivity index (χ0v) is 5.98. The molecule has 2 N–H and O–H groups in total. The topological polar surface area (TPSA) is 83.6 Å². The first kappa shape index (κ1) is 8.80. The second-order valence-corrected chi connectivity index (χ2v) is 2.35. The second-order valence-electron chi connectivity index (χ2n) is 1.41. The minimum Gasteiger partial charge on any atom is -0.389 e. The lowest BCUT2D eigenvalue weighted by Crippen LogP contribution is -2.32. The summed E-state index contributed by atoms with van der Waals surface area (Å²) in [5.74, 6) is 0. The van der Waals surface area contributed by atoms with Crippen LogP contribution >= 0.6 is 15.9 Å². The number of halogens is 1. The van der Waals surface area contributed by atoms with Gasteiger partial charge in [-0.1, -0.05) is 15.9 Å². The lowest BCUT2D eigenvalue weighted by molar-refractivity contribution is -0.531. The van der Waals surface area contributed by atoms with Gasteiger partial charge in [0.1, 0.15) is 6.61 Å². The molecule has 2 atom stereocenters. The van der Waals surface area contributed by atoms with Gasteiger partial charge in [0, 0.05) is 4.92 Å². The van der Waals surface area contributed by atoms with Crippen LogP contribution in [0.3, 0.4) is 0 Å². The number of hydrogen-bond acceptors (Lipinski definition) is 4. The van der Waals surface area contributed by atoms with Crippen LogP contribution in [0.4, 0.5) is 0 Å². The summed E-state index contributed by atoms with van der Waals surface area (Å²) in [6, 6.07) is -1.33. The van der Waals surface area contributed by atoms with Crippen molar-refractivity contribution in [3.8, 4) is 0 Å². The lowest BCUT2D eigenvalue weighted by atomic mass is 10.4. The molecule has 0 aliphatic rings. The maximum absolute atomic E-state index is 9.83. The van der Waals surface area contributed by atoms with Gasteiger partial charge in [0.15, 0.2) is 5.01 Å². The molecule has 0 fully saturated rings. The molecule has 0 rings (SSSR count). The van der Waals surface area contributed by atoms with Gasteiger partial charge in [-0.15, -0.1) is 0 Å². The van der Waals surface area contributed by atoms with Crippen molar-refractivity contribution in [2.45, 2.75) is 11.1 Å². The minimum atomic E-state index is -1.33. The predicted octanol–water partition coefficient (Wildman–Crippen LogP) is -0.663. The molecule has 54 valence electrons. The third-order valence-corrected chi connectivity index (χ3v) is 1.39. The van der Waals surface area contributed by atoms with Gasteiger partial charge in [-0.25, -0.2) is 0 Å². The summed E-state index contributed by atoms with van der Waals surface area (Å²) in [4.78, 5) is 9.08. The predicted molar refractivity (Wildman–Crippen MR) is 32.8 cm³/mol. The van der Waals surface area contributed by atoms with Crippen LogP contribution in [0.2, 0.25) is 0 Å². The van der Waals surface area contributed by atoms with E-state index in [2.05, 4.69) is 15.9 Å². The van der Waals surface area contributed by atoms with Crippen molar-refractivity contribution < 1.29 is 15.1 Å². The van der Waals surface area contributed by atoms with E-state index in [-0.39, 0.29) is 0 Å². The normalized spacial score (nSPS) is 16.8. The molecular formula is C3H6BrNO4. The largest absolute Gasteiger partial charge is 0.389 e. The van der Waals surface area contributed by atoms with Gasteiger partial charge in [-0.2, -0.15) is 0 Å². The first-order valence-corrected chi connectivity index (χ1v) is 3.07. The molecule has 9 heavy (non-hydrogen) atoms. The van der Waals surface area contributed by atoms with E-state index < -0.39 is 22.6 Å². The summed E-state index contributed by atoms with van der Waals surface area (Å²) in [7, 11) is 0. The van der Waals surface area contributed by atoms with Gasteiger partial charge in [0.2, 0.25) is 0 Å². The zero-order chi connectivity index (χ0) is 7.44. The van der Waals surface area contributed by atoms with E-state index in [0.717, 1.165) is 0 Å². The summed E-state index contributed by atoms with van der Waals surface area (Å²) in [5, 5.41) is 25.3. The highest BCUT2D eigenvalue weighted by Gasteiger charge is 2.25. The van der Waals surface area contributed by atoms with Crippen molar-refractivity contribution in [2.24, 2.45) is 0 Å². The molecule has 0 spiro atoms. The van der Waals surface area contributed by atoms with Gasteiger partial charge in [0.05, 0.1) is 0 Å². The quantitative estimate of drug-likeness (QED) is 0.359. The molecular weight excluding hydrogens is 194 g/mol. The van der Waals surface area contributed by atoms with Crippen LogP contribution in [0.1, 0.15) is 0 Å². The Morgan fingerprint density at radius 2 is 2.22 bits per heavy atom. The third kappa shape index (κ3) is 2.73. The highest BCUT2D eigenvalue weighted by Crippen LogP contribution is 2.03. The highest BCUT2D eigenvalue weighted by atomic mass is 79.9. The number of nitro groups is 1. The van der Waals surface area contributed by atoms with Crippen molar-refractivity contribution >= 4 is 15.9 Å². The van der Waals surface area contributed by atoms with E-state index in [4.69, 9.17) is 10.2 Å². The fourth-order valence-corrected chi connectivity index (χ4v) is 0.614. The number of rotatable bonds is 3. The molecule has 0 aromatic rings. The second kappa shape index (κ2) is 3.76. The monoisotopic (exact) mass is 199 g/mol. The average molecular weight is 200 g/mol. The van der Waals surface area contributed by atoms with Gasteiger partial charge < -0.3 is 10.2 Å². The third-order valence-electron chi connectivity index (χ3n) is 0.775. The van der Waals surface area contributed by atoms with Gasteiger partial charge in [-0.05, 0) is 0 Å². The average Bonchev–Trinajstić information content (AvgIpc) is 1.64. The molecule has 0 heterocycles. The summed E-state index contributed by atoms with van der Waals surface area (Å²) >= 11 is 2.56. The van der Waals surface area contributed by atoms with Crippen LogP contribution in [0, 0.1) is 10.1 Å². The molecule has 0 aliphatic carbocycles. The van der Waals surface area contributed by atoms with Crippen LogP contribution in [-0.4, -0.2) is 32.8 Å². The number of aliphatic hydroxyl groups excluding tert-OH is 2. The van der Waals surface area contributed by atoms with Gasteiger partial charge >= 0.3 is 0 Å². The highest BCUT2D eigenvalue weighted by molar-refractivity contribution is 9.09. The molecule has 0 radical (unpaired) electrons. The fraction of sp³-hybridized carbons (Fsp3) is 1.00. The summed E-state index contributed by atoms with van der Waals surface area (Å²) < 4.78 is 0. The van der Waals surface area contributed by atoms with Crippen molar-refractivity contribution in [1.29, 1.82) is 0 Å². The van der Waals surface area contributed by atoms with E-state index in [9.17, 15) is 10.1 Å². The molecule has 0 aliphatic heterocycles. The Hall–Kier alpha value is -0.200. The smallest absolute Gasteiger partial charge is 0.270 e. The minimum absolute atomic E-state index is 0.667. The molecule has 0 saturated carbocycles. The van der Waals surface area contributed by atoms with Crippen LogP contribution < -0.4 is 0 Å². The number of alkyl halides is 1. The Kier molecular flexibility index (Phi) is 3.67. The molecule has 0 amide bonds. The van der Waals surface area contributed by atoms with E-state index in [1.807, 2.05) is 0 Å². The number of aliphatic hydroxyl groups is 2. The molecule has 5 nitrogen and oxygen atoms in total. The Morgan fingerprint density at radius 1 is 1.78 bits per heavy atom. The van der Waals surface area contributed by atoms with Gasteiger partial charge in [-0.3, -0.25) is 10.1 Å². The SMILES string of the molecule is O=[N+]([O-])C(CO)C(O)Br. The zero-order valence-electron chi connectivity index (χ0n) is 4.40. The van der Waals surface area contributed by atoms with E-state index in [1.165, 1.54) is 0 Å². The van der Waals surface area contributed by atoms with Crippen LogP contribution in [-0.2, 0) is 0 Å². The molecule has 2 unspecified atom stereocenters. The first-order valence-electron chi connectivity index (χ1n) is 2.16. The van der Waals surface area contributed by atoms with E-state index in [1.54, 1.807) is 0 Å². The molecule has 0 saturated heterocycles. The van der Waals surface area contributed by atoms with Crippen molar-refractivity contribution in [1.82, 2.24) is 0 Å². The summed E-state index contributed by atoms with van der Waals surface area (Å²) in [6.45, 7) is -0.667. The Morgan fingerprint density at radius 3 is 2.22 bits per heavy atom. The Labute approximate surface area is 59.6 Å². The van der Waals surface area contributed by atoms with E-state index >= 15 is 0 Å². The van der Waals surface area contributed by atoms with Crippen molar-refractivity contribution in [3.63, 3.8) is 0 Å². The first-order chi connectivity index (χ1) is 4.09. The molecule has 0 bridgehead atoms. The summed E-state index contributed by atoms with van der Waals surface area (Å²) in [6.07, 6.45) is 0. The van der Waals surface area contributed by atoms with Crippen molar-refractivity contribution in [3.05, 3.63) is 10.1 Å². The Bertz CT molecular complexity index is 106. The standard InChI is InChI=1S/C3H6BrNO4/c4-3(7)2(1-6)5(8)9/h2-3,6-7H,1H2. The van der Waals surface area contributed by atoms with E-state index in [0.29, 0.717) is 0 Å². The Balaban J connectivity index is 3.83.